The van der Waals surface area contributed by atoms with Crippen molar-refractivity contribution in [2.45, 2.75) is 116 Å². The van der Waals surface area contributed by atoms with Crippen molar-refractivity contribution in [3.05, 3.63) is 16.7 Å². The summed E-state index contributed by atoms with van der Waals surface area (Å²) in [6, 6.07) is 0. The second-order valence-electron chi connectivity index (χ2n) is 12.2. The smallest absolute Gasteiger partial charge is 0.335 e. The summed E-state index contributed by atoms with van der Waals surface area (Å²) in [6.07, 6.45) is -1.34. The molecule has 4 rings (SSSR count). The molecule has 0 spiro atoms. The van der Waals surface area contributed by atoms with E-state index in [0.717, 1.165) is 0 Å². The van der Waals surface area contributed by atoms with E-state index in [2.05, 4.69) is 75.7 Å². The average Bonchev–Trinajstić information content (AvgIpc) is 3.39. The Balaban J connectivity index is 1.76. The van der Waals surface area contributed by atoms with Gasteiger partial charge in [-0.05, 0) is 22.2 Å². The van der Waals surface area contributed by atoms with Crippen molar-refractivity contribution in [2.24, 2.45) is 5.92 Å². The van der Waals surface area contributed by atoms with Gasteiger partial charge >= 0.3 is 17.1 Å². The maximum atomic E-state index is 12.8. The van der Waals surface area contributed by atoms with E-state index in [1.165, 1.54) is 6.33 Å². The van der Waals surface area contributed by atoms with E-state index < -0.39 is 47.5 Å². The topological polar surface area (TPSA) is 130 Å². The molecule has 0 saturated carbocycles. The molecule has 4 atom stereocenters. The van der Waals surface area contributed by atoms with Crippen LogP contribution in [0.15, 0.2) is 11.1 Å². The third kappa shape index (κ3) is 5.41. The normalized spacial score (nSPS) is 27.3. The first kappa shape index (κ1) is 28.6. The summed E-state index contributed by atoms with van der Waals surface area (Å²) >= 11 is 0. The molecule has 13 heteroatoms. The van der Waals surface area contributed by atoms with Crippen LogP contribution in [0.4, 0.5) is 5.95 Å². The molecule has 2 fully saturated rings. The number of carbonyl (C=O) groups is 1. The summed E-state index contributed by atoms with van der Waals surface area (Å²) < 4.78 is 38.4. The number of anilines is 1. The minimum absolute atomic E-state index is 0.0205. The highest BCUT2D eigenvalue weighted by molar-refractivity contribution is 6.83. The van der Waals surface area contributed by atoms with Crippen LogP contribution in [0.1, 0.15) is 83.2 Å². The summed E-state index contributed by atoms with van der Waals surface area (Å²) in [6.45, 7) is 20.9. The Hall–Kier alpha value is -1.91. The van der Waals surface area contributed by atoms with Crippen molar-refractivity contribution >= 4 is 40.1 Å². The number of hydrogen-bond acceptors (Lipinski definition) is 8. The van der Waals surface area contributed by atoms with Crippen LogP contribution in [0.5, 0.6) is 0 Å². The number of nitrogens with one attached hydrogen (secondary N) is 2. The molecule has 2 N–H and O–H groups in total. The van der Waals surface area contributed by atoms with Crippen molar-refractivity contribution in [3.63, 3.8) is 0 Å². The third-order valence-electron chi connectivity index (χ3n) is 7.84. The number of ether oxygens (including phenoxy) is 1. The summed E-state index contributed by atoms with van der Waals surface area (Å²) in [5.41, 5.74) is 0.446. The molecule has 0 aromatic carbocycles. The number of nitrogens with zero attached hydrogens (tertiary/aromatic N) is 3. The van der Waals surface area contributed by atoms with Crippen LogP contribution < -0.4 is 10.9 Å². The van der Waals surface area contributed by atoms with Gasteiger partial charge in [-0.2, -0.15) is 4.98 Å². The number of carbonyl (C=O) groups excluding carboxylic acids is 1. The van der Waals surface area contributed by atoms with Gasteiger partial charge in [0.05, 0.1) is 19.0 Å². The zero-order chi connectivity index (χ0) is 29.7. The summed E-state index contributed by atoms with van der Waals surface area (Å²) in [7, 11) is -5.69. The number of hydrogen-bond donors (Lipinski definition) is 2. The molecular formula is C26H45N5O6Si2. The fourth-order valence-corrected chi connectivity index (χ4v) is 16.7. The Bertz CT molecular complexity index is 1270. The number of H-pyrrole nitrogens is 1. The minimum Gasteiger partial charge on any atom is -0.414 e. The predicted molar refractivity (Wildman–Crippen MR) is 154 cm³/mol. The Morgan fingerprint density at radius 3 is 2.23 bits per heavy atom. The lowest BCUT2D eigenvalue weighted by Gasteiger charge is -2.51. The zero-order valence-corrected chi connectivity index (χ0v) is 26.8. The summed E-state index contributed by atoms with van der Waals surface area (Å²) in [4.78, 5) is 36.3. The fourth-order valence-electron chi connectivity index (χ4n) is 5.57. The number of aromatic nitrogens is 4. The lowest BCUT2D eigenvalue weighted by atomic mass is 10.2. The number of imidazole rings is 1. The monoisotopic (exact) mass is 580 g/mol. The van der Waals surface area contributed by atoms with E-state index in [1.54, 1.807) is 18.4 Å². The van der Waals surface area contributed by atoms with Gasteiger partial charge in [-0.1, -0.05) is 69.2 Å². The van der Waals surface area contributed by atoms with E-state index in [9.17, 15) is 11.0 Å². The second-order valence-corrected chi connectivity index (χ2v) is 21.0. The van der Waals surface area contributed by atoms with Gasteiger partial charge in [0.25, 0.3) is 5.56 Å². The van der Waals surface area contributed by atoms with Crippen LogP contribution in [0.3, 0.4) is 0 Å². The SMILES string of the molecule is [2H][C@H]1[C@@H]2O[Si](C(C)C)(C(C)C)O[Si](C(C)C)(C(C)C)OC[C@H]2O[C@H]1n1cnc2c(=O)[nH]c(NC(=O)C(C)C)nc21. The molecule has 0 unspecified atom stereocenters. The van der Waals surface area contributed by atoms with E-state index in [4.69, 9.17) is 17.7 Å². The highest BCUT2D eigenvalue weighted by Gasteiger charge is 2.60. The molecule has 0 bridgehead atoms. The molecule has 2 aliphatic heterocycles. The molecule has 0 aliphatic carbocycles. The highest BCUT2D eigenvalue weighted by Crippen LogP contribution is 2.48. The first-order chi connectivity index (χ1) is 18.6. The maximum Gasteiger partial charge on any atom is 0.335 e. The third-order valence-corrected chi connectivity index (χ3v) is 18.1. The zero-order valence-electron chi connectivity index (χ0n) is 25.8. The summed E-state index contributed by atoms with van der Waals surface area (Å²) in [5, 5.41) is 2.64. The lowest BCUT2D eigenvalue weighted by Crippen LogP contribution is -2.65. The molecule has 1 amide bonds. The standard InChI is InChI=1S/C26H45N5O6Si2/c1-14(2)24(32)29-26-28-23-22(25(33)30-26)27-13-31(23)21-11-19-20(35-21)12-34-38(15(3)4,16(5)6)37-39(36-19,17(7)8)18(9)10/h13-21H,11-12H2,1-10H3,(H2,28,29,30,32,33)/t19-,20+,21+/m0/s1/i11D/t11-,19-,20+,21+. The largest absolute Gasteiger partial charge is 0.414 e. The van der Waals surface area contributed by atoms with Crippen molar-refractivity contribution < 1.29 is 23.9 Å². The Morgan fingerprint density at radius 2 is 1.67 bits per heavy atom. The van der Waals surface area contributed by atoms with Gasteiger partial charge in [0.15, 0.2) is 11.2 Å². The first-order valence-corrected chi connectivity index (χ1v) is 18.0. The Kier molecular flexibility index (Phi) is 8.19. The molecule has 2 aromatic rings. The molecule has 39 heavy (non-hydrogen) atoms. The van der Waals surface area contributed by atoms with Crippen molar-refractivity contribution in [1.29, 1.82) is 0 Å². The molecule has 2 aromatic heterocycles. The second kappa shape index (κ2) is 11.2. The van der Waals surface area contributed by atoms with Crippen molar-refractivity contribution in [3.8, 4) is 0 Å². The van der Waals surface area contributed by atoms with E-state index in [1.807, 2.05) is 0 Å². The Morgan fingerprint density at radius 1 is 1.05 bits per heavy atom. The number of amides is 1. The first-order valence-electron chi connectivity index (χ1n) is 14.6. The van der Waals surface area contributed by atoms with E-state index >= 15 is 0 Å². The number of fused-ring (bicyclic) bond motifs is 2. The van der Waals surface area contributed by atoms with Gasteiger partial charge in [0.2, 0.25) is 11.9 Å². The van der Waals surface area contributed by atoms with Crippen LogP contribution in [-0.4, -0.2) is 61.4 Å². The quantitative estimate of drug-likeness (QED) is 0.440. The lowest BCUT2D eigenvalue weighted by molar-refractivity contribution is -0.118. The van der Waals surface area contributed by atoms with E-state index in [-0.39, 0.29) is 57.7 Å². The molecule has 218 valence electrons. The average molecular weight is 581 g/mol. The van der Waals surface area contributed by atoms with E-state index in [0.29, 0.717) is 0 Å². The molecular weight excluding hydrogens is 534 g/mol. The van der Waals surface area contributed by atoms with Crippen LogP contribution in [-0.2, 0) is 22.5 Å². The number of aromatic amines is 1. The molecule has 2 aliphatic rings. The highest BCUT2D eigenvalue weighted by atomic mass is 28.5. The minimum atomic E-state index is -2.93. The summed E-state index contributed by atoms with van der Waals surface area (Å²) in [5.74, 6) is -0.553. The van der Waals surface area contributed by atoms with Crippen LogP contribution in [0.2, 0.25) is 22.2 Å². The van der Waals surface area contributed by atoms with Crippen molar-refractivity contribution in [1.82, 2.24) is 19.5 Å². The molecule has 2 saturated heterocycles. The van der Waals surface area contributed by atoms with Gasteiger partial charge in [0.1, 0.15) is 12.3 Å². The Labute approximate surface area is 234 Å². The van der Waals surface area contributed by atoms with Gasteiger partial charge < -0.3 is 17.7 Å². The molecule has 11 nitrogen and oxygen atoms in total. The molecule has 0 radical (unpaired) electrons. The predicted octanol–water partition coefficient (Wildman–Crippen LogP) is 4.96. The maximum absolute atomic E-state index is 12.8. The van der Waals surface area contributed by atoms with Crippen LogP contribution >= 0.6 is 0 Å². The van der Waals surface area contributed by atoms with Gasteiger partial charge in [-0.25, -0.2) is 4.98 Å². The van der Waals surface area contributed by atoms with Crippen LogP contribution in [0.25, 0.3) is 11.2 Å². The van der Waals surface area contributed by atoms with Gasteiger partial charge in [-0.3, -0.25) is 24.5 Å². The number of rotatable bonds is 7. The molecule has 4 heterocycles. The van der Waals surface area contributed by atoms with Gasteiger partial charge in [-0.15, -0.1) is 0 Å². The van der Waals surface area contributed by atoms with Crippen LogP contribution in [0, 0.1) is 5.92 Å². The van der Waals surface area contributed by atoms with Crippen molar-refractivity contribution in [2.75, 3.05) is 11.9 Å². The fraction of sp³-hybridized carbons (Fsp3) is 0.769. The van der Waals surface area contributed by atoms with Gasteiger partial charge in [0, 0.05) is 13.7 Å².